The molecule has 1 aliphatic rings. The van der Waals surface area contributed by atoms with Gasteiger partial charge in [-0.15, -0.1) is 11.3 Å². The molecule has 3 atom stereocenters. The van der Waals surface area contributed by atoms with Crippen LogP contribution in [-0.2, 0) is 16.1 Å². The van der Waals surface area contributed by atoms with E-state index in [9.17, 15) is 4.79 Å². The van der Waals surface area contributed by atoms with Crippen molar-refractivity contribution in [1.82, 2.24) is 9.88 Å². The highest BCUT2D eigenvalue weighted by Crippen LogP contribution is 2.19. The SMILES string of the molecule is CC(N)CC(=O)Nc1nc(CN2CC(C)OC(C)C2)cs1. The predicted octanol–water partition coefficient (Wildman–Crippen LogP) is 1.43. The molecule has 0 radical (unpaired) electrons. The maximum atomic E-state index is 11.7. The Hall–Kier alpha value is -1.02. The normalized spacial score (nSPS) is 24.8. The molecule has 0 saturated carbocycles. The third-order valence-electron chi connectivity index (χ3n) is 3.19. The maximum Gasteiger partial charge on any atom is 0.227 e. The average Bonchev–Trinajstić information content (AvgIpc) is 2.73. The second-order valence-electron chi connectivity index (χ2n) is 5.82. The van der Waals surface area contributed by atoms with Gasteiger partial charge in [0, 0.05) is 37.5 Å². The van der Waals surface area contributed by atoms with Crippen molar-refractivity contribution in [2.24, 2.45) is 5.73 Å². The van der Waals surface area contributed by atoms with Crippen LogP contribution in [0.4, 0.5) is 5.13 Å². The van der Waals surface area contributed by atoms with E-state index >= 15 is 0 Å². The van der Waals surface area contributed by atoms with Crippen LogP contribution in [0.15, 0.2) is 5.38 Å². The number of hydrogen-bond donors (Lipinski definition) is 2. The van der Waals surface area contributed by atoms with E-state index in [1.54, 1.807) is 0 Å². The van der Waals surface area contributed by atoms with Crippen molar-refractivity contribution in [3.05, 3.63) is 11.1 Å². The number of thiazole rings is 1. The number of amides is 1. The molecule has 2 rings (SSSR count). The van der Waals surface area contributed by atoms with Gasteiger partial charge in [0.25, 0.3) is 0 Å². The van der Waals surface area contributed by atoms with Crippen LogP contribution in [0.5, 0.6) is 0 Å². The third-order valence-corrected chi connectivity index (χ3v) is 3.99. The van der Waals surface area contributed by atoms with Crippen LogP contribution in [-0.4, -0.2) is 47.1 Å². The summed E-state index contributed by atoms with van der Waals surface area (Å²) >= 11 is 1.45. The van der Waals surface area contributed by atoms with Crippen molar-refractivity contribution in [2.45, 2.75) is 52.0 Å². The summed E-state index contributed by atoms with van der Waals surface area (Å²) in [4.78, 5) is 18.5. The number of nitrogens with one attached hydrogen (secondary N) is 1. The smallest absolute Gasteiger partial charge is 0.227 e. The fraction of sp³-hybridized carbons (Fsp3) is 0.714. The molecule has 0 aliphatic carbocycles. The molecule has 3 N–H and O–H groups in total. The molecule has 3 unspecified atom stereocenters. The van der Waals surface area contributed by atoms with Crippen LogP contribution in [0.25, 0.3) is 0 Å². The lowest BCUT2D eigenvalue weighted by molar-refractivity contribution is -0.116. The summed E-state index contributed by atoms with van der Waals surface area (Å²) in [7, 11) is 0. The molecule has 1 amide bonds. The largest absolute Gasteiger partial charge is 0.373 e. The minimum absolute atomic E-state index is 0.0838. The van der Waals surface area contributed by atoms with Crippen molar-refractivity contribution < 1.29 is 9.53 Å². The van der Waals surface area contributed by atoms with Gasteiger partial charge in [-0.05, 0) is 20.8 Å². The van der Waals surface area contributed by atoms with Gasteiger partial charge < -0.3 is 15.8 Å². The van der Waals surface area contributed by atoms with E-state index in [-0.39, 0.29) is 24.2 Å². The Labute approximate surface area is 129 Å². The molecule has 1 aliphatic heterocycles. The number of anilines is 1. The predicted molar refractivity (Wildman–Crippen MR) is 84.3 cm³/mol. The number of ether oxygens (including phenoxy) is 1. The maximum absolute atomic E-state index is 11.7. The first-order chi connectivity index (χ1) is 9.92. The van der Waals surface area contributed by atoms with Crippen LogP contribution in [0.2, 0.25) is 0 Å². The van der Waals surface area contributed by atoms with E-state index in [1.165, 1.54) is 11.3 Å². The molecule has 7 heteroatoms. The van der Waals surface area contributed by atoms with Gasteiger partial charge in [-0.1, -0.05) is 0 Å². The Balaban J connectivity index is 1.86. The van der Waals surface area contributed by atoms with E-state index < -0.39 is 0 Å². The molecule has 0 bridgehead atoms. The van der Waals surface area contributed by atoms with Crippen molar-refractivity contribution in [1.29, 1.82) is 0 Å². The first kappa shape index (κ1) is 16.4. The highest BCUT2D eigenvalue weighted by molar-refractivity contribution is 7.13. The van der Waals surface area contributed by atoms with Gasteiger partial charge in [-0.2, -0.15) is 0 Å². The lowest BCUT2D eigenvalue weighted by Gasteiger charge is -2.34. The van der Waals surface area contributed by atoms with Gasteiger partial charge in [0.15, 0.2) is 5.13 Å². The number of morpholine rings is 1. The molecular weight excluding hydrogens is 288 g/mol. The molecule has 0 aromatic carbocycles. The van der Waals surface area contributed by atoms with Crippen LogP contribution < -0.4 is 11.1 Å². The quantitative estimate of drug-likeness (QED) is 0.859. The summed E-state index contributed by atoms with van der Waals surface area (Å²) in [5.41, 5.74) is 6.59. The zero-order chi connectivity index (χ0) is 15.4. The number of nitrogens with zero attached hydrogens (tertiary/aromatic N) is 2. The highest BCUT2D eigenvalue weighted by atomic mass is 32.1. The monoisotopic (exact) mass is 312 g/mol. The molecule has 6 nitrogen and oxygen atoms in total. The molecule has 0 spiro atoms. The van der Waals surface area contributed by atoms with Crippen LogP contribution in [0.3, 0.4) is 0 Å². The van der Waals surface area contributed by atoms with Gasteiger partial charge in [0.05, 0.1) is 17.9 Å². The van der Waals surface area contributed by atoms with E-state index in [2.05, 4.69) is 29.0 Å². The summed E-state index contributed by atoms with van der Waals surface area (Å²) in [5, 5.41) is 5.43. The number of aromatic nitrogens is 1. The summed E-state index contributed by atoms with van der Waals surface area (Å²) in [6.45, 7) is 8.60. The Bertz CT molecular complexity index is 467. The standard InChI is InChI=1S/C14H24N4O2S/c1-9(15)4-13(19)17-14-16-12(8-21-14)7-18-5-10(2)20-11(3)6-18/h8-11H,4-7,15H2,1-3H3,(H,16,17,19). The third kappa shape index (κ3) is 5.35. The van der Waals surface area contributed by atoms with E-state index in [1.807, 2.05) is 12.3 Å². The molecule has 2 heterocycles. The molecule has 118 valence electrons. The zero-order valence-corrected chi connectivity index (χ0v) is 13.7. The second kappa shape index (κ2) is 7.31. The number of nitrogens with two attached hydrogens (primary N) is 1. The lowest BCUT2D eigenvalue weighted by atomic mass is 10.2. The minimum Gasteiger partial charge on any atom is -0.373 e. The van der Waals surface area contributed by atoms with Gasteiger partial charge in [0.1, 0.15) is 0 Å². The van der Waals surface area contributed by atoms with Crippen molar-refractivity contribution in [3.8, 4) is 0 Å². The van der Waals surface area contributed by atoms with Crippen molar-refractivity contribution >= 4 is 22.4 Å². The molecule has 1 fully saturated rings. The van der Waals surface area contributed by atoms with Crippen LogP contribution in [0.1, 0.15) is 32.9 Å². The van der Waals surface area contributed by atoms with E-state index in [0.717, 1.165) is 25.3 Å². The summed E-state index contributed by atoms with van der Waals surface area (Å²) in [6.07, 6.45) is 0.808. The average molecular weight is 312 g/mol. The fourth-order valence-electron chi connectivity index (χ4n) is 2.54. The first-order valence-electron chi connectivity index (χ1n) is 7.30. The Morgan fingerprint density at radius 1 is 1.57 bits per heavy atom. The Kier molecular flexibility index (Phi) is 5.69. The van der Waals surface area contributed by atoms with Gasteiger partial charge in [-0.3, -0.25) is 9.69 Å². The number of rotatable bonds is 5. The van der Waals surface area contributed by atoms with E-state index in [4.69, 9.17) is 10.5 Å². The molecule has 1 aromatic rings. The molecule has 1 saturated heterocycles. The molecule has 21 heavy (non-hydrogen) atoms. The fourth-order valence-corrected chi connectivity index (χ4v) is 3.26. The number of carbonyl (C=O) groups is 1. The lowest BCUT2D eigenvalue weighted by Crippen LogP contribution is -2.44. The Morgan fingerprint density at radius 3 is 2.86 bits per heavy atom. The van der Waals surface area contributed by atoms with Crippen LogP contribution in [0, 0.1) is 0 Å². The van der Waals surface area contributed by atoms with Gasteiger partial charge in [-0.25, -0.2) is 4.98 Å². The molecular formula is C14H24N4O2S. The zero-order valence-electron chi connectivity index (χ0n) is 12.8. The van der Waals surface area contributed by atoms with Crippen molar-refractivity contribution in [3.63, 3.8) is 0 Å². The highest BCUT2D eigenvalue weighted by Gasteiger charge is 2.22. The Morgan fingerprint density at radius 2 is 2.24 bits per heavy atom. The second-order valence-corrected chi connectivity index (χ2v) is 6.68. The number of hydrogen-bond acceptors (Lipinski definition) is 6. The van der Waals surface area contributed by atoms with Crippen LogP contribution >= 0.6 is 11.3 Å². The summed E-state index contributed by atoms with van der Waals surface area (Å²) in [5.74, 6) is -0.0838. The minimum atomic E-state index is -0.138. The molecule has 1 aromatic heterocycles. The van der Waals surface area contributed by atoms with Gasteiger partial charge in [0.2, 0.25) is 5.91 Å². The summed E-state index contributed by atoms with van der Waals surface area (Å²) in [6, 6.07) is -0.138. The van der Waals surface area contributed by atoms with Crippen molar-refractivity contribution in [2.75, 3.05) is 18.4 Å². The van der Waals surface area contributed by atoms with E-state index in [0.29, 0.717) is 11.6 Å². The topological polar surface area (TPSA) is 80.5 Å². The van der Waals surface area contributed by atoms with Gasteiger partial charge >= 0.3 is 0 Å². The first-order valence-corrected chi connectivity index (χ1v) is 8.18. The summed E-state index contributed by atoms with van der Waals surface area (Å²) < 4.78 is 5.72. The number of carbonyl (C=O) groups excluding carboxylic acids is 1.